The Kier molecular flexibility index (Phi) is 3.80. The third-order valence-electron chi connectivity index (χ3n) is 1.86. The molecule has 1 aromatic carbocycles. The monoisotopic (exact) mass is 270 g/mol. The van der Waals surface area contributed by atoms with Gasteiger partial charge in [-0.25, -0.2) is 0 Å². The highest BCUT2D eigenvalue weighted by molar-refractivity contribution is 7.85. The molecule has 0 spiro atoms. The molecular formula is C9H9F3O4S. The maximum Gasteiger partial charge on any atom is 0.524 e. The van der Waals surface area contributed by atoms with E-state index >= 15 is 0 Å². The molecule has 0 saturated heterocycles. The topological polar surface area (TPSA) is 63.6 Å². The van der Waals surface area contributed by atoms with Gasteiger partial charge in [0.25, 0.3) is 10.1 Å². The smallest absolute Gasteiger partial charge is 0.283 e. The van der Waals surface area contributed by atoms with Crippen molar-refractivity contribution in [3.05, 3.63) is 35.4 Å². The van der Waals surface area contributed by atoms with E-state index in [-0.39, 0.29) is 5.56 Å². The molecule has 0 radical (unpaired) electrons. The van der Waals surface area contributed by atoms with E-state index in [4.69, 9.17) is 4.55 Å². The minimum absolute atomic E-state index is 0.296. The second-order valence-electron chi connectivity index (χ2n) is 3.32. The molecule has 1 aromatic rings. The Hall–Kier alpha value is -1.12. The van der Waals surface area contributed by atoms with E-state index in [9.17, 15) is 21.6 Å². The molecule has 0 aliphatic rings. The van der Waals surface area contributed by atoms with Gasteiger partial charge in [-0.1, -0.05) is 29.8 Å². The normalized spacial score (nSPS) is 14.6. The summed E-state index contributed by atoms with van der Waals surface area (Å²) in [5, 5.41) is 0. The van der Waals surface area contributed by atoms with Crippen molar-refractivity contribution in [2.24, 2.45) is 0 Å². The molecule has 0 aliphatic carbocycles. The van der Waals surface area contributed by atoms with Crippen LogP contribution in [0.5, 0.6) is 0 Å². The first-order chi connectivity index (χ1) is 7.59. The Morgan fingerprint density at radius 2 is 1.71 bits per heavy atom. The molecule has 0 amide bonds. The minimum Gasteiger partial charge on any atom is -0.283 e. The van der Waals surface area contributed by atoms with Gasteiger partial charge in [-0.3, -0.25) is 9.29 Å². The molecule has 8 heteroatoms. The first kappa shape index (κ1) is 13.9. The molecule has 0 fully saturated rings. The van der Waals surface area contributed by atoms with Crippen molar-refractivity contribution in [2.75, 3.05) is 0 Å². The zero-order chi connectivity index (χ0) is 13.3. The summed E-state index contributed by atoms with van der Waals surface area (Å²) in [6, 6.07) is 5.10. The molecule has 0 aromatic heterocycles. The molecule has 0 saturated carbocycles. The van der Waals surface area contributed by atoms with Crippen LogP contribution in [-0.2, 0) is 14.9 Å². The fourth-order valence-electron chi connectivity index (χ4n) is 1.15. The Balaban J connectivity index is 3.12. The number of hydrogen-bond donors (Lipinski definition) is 1. The lowest BCUT2D eigenvalue weighted by Gasteiger charge is -2.17. The van der Waals surface area contributed by atoms with E-state index in [1.807, 2.05) is 0 Å². The van der Waals surface area contributed by atoms with Gasteiger partial charge in [0.05, 0.1) is 0 Å². The first-order valence-corrected chi connectivity index (χ1v) is 5.87. The average Bonchev–Trinajstić information content (AvgIpc) is 2.13. The lowest BCUT2D eigenvalue weighted by molar-refractivity contribution is -0.333. The number of ether oxygens (including phenoxy) is 1. The van der Waals surface area contributed by atoms with Gasteiger partial charge in [0.15, 0.2) is 0 Å². The van der Waals surface area contributed by atoms with Gasteiger partial charge >= 0.3 is 6.36 Å². The predicted octanol–water partition coefficient (Wildman–Crippen LogP) is 2.42. The molecule has 0 heterocycles. The van der Waals surface area contributed by atoms with E-state index < -0.39 is 21.9 Å². The highest BCUT2D eigenvalue weighted by atomic mass is 32.2. The van der Waals surface area contributed by atoms with Crippen LogP contribution in [0, 0.1) is 6.92 Å². The Morgan fingerprint density at radius 3 is 2.06 bits per heavy atom. The number of hydrogen-bond acceptors (Lipinski definition) is 3. The van der Waals surface area contributed by atoms with Crippen LogP contribution in [0.1, 0.15) is 16.6 Å². The van der Waals surface area contributed by atoms with Crippen molar-refractivity contribution in [3.8, 4) is 0 Å². The Bertz CT molecular complexity index is 478. The fraction of sp³-hybridized carbons (Fsp3) is 0.333. The Labute approximate surface area is 95.8 Å². The van der Waals surface area contributed by atoms with Crippen LogP contribution < -0.4 is 0 Å². The Morgan fingerprint density at radius 1 is 1.24 bits per heavy atom. The highest BCUT2D eigenvalue weighted by Crippen LogP contribution is 2.31. The fourth-order valence-corrected chi connectivity index (χ4v) is 1.88. The maximum absolute atomic E-state index is 12.0. The predicted molar refractivity (Wildman–Crippen MR) is 52.6 cm³/mol. The molecule has 0 bridgehead atoms. The van der Waals surface area contributed by atoms with Gasteiger partial charge in [0.2, 0.25) is 5.44 Å². The van der Waals surface area contributed by atoms with Crippen LogP contribution in [0.4, 0.5) is 13.2 Å². The molecule has 17 heavy (non-hydrogen) atoms. The van der Waals surface area contributed by atoms with Crippen molar-refractivity contribution >= 4 is 10.1 Å². The van der Waals surface area contributed by atoms with E-state index in [0.717, 1.165) is 17.7 Å². The summed E-state index contributed by atoms with van der Waals surface area (Å²) in [5.74, 6) is 0. The van der Waals surface area contributed by atoms with Crippen molar-refractivity contribution in [1.29, 1.82) is 0 Å². The largest absolute Gasteiger partial charge is 0.524 e. The number of rotatable bonds is 3. The first-order valence-electron chi connectivity index (χ1n) is 4.37. The van der Waals surface area contributed by atoms with Crippen LogP contribution in [0.15, 0.2) is 24.3 Å². The highest BCUT2D eigenvalue weighted by Gasteiger charge is 2.40. The van der Waals surface area contributed by atoms with Crippen LogP contribution in [0.3, 0.4) is 0 Å². The molecule has 0 aliphatic heterocycles. The number of halogens is 3. The van der Waals surface area contributed by atoms with Crippen LogP contribution in [0.25, 0.3) is 0 Å². The van der Waals surface area contributed by atoms with Gasteiger partial charge in [-0.2, -0.15) is 8.42 Å². The lowest BCUT2D eigenvalue weighted by atomic mass is 10.2. The number of aryl methyl sites for hydroxylation is 1. The molecule has 1 unspecified atom stereocenters. The van der Waals surface area contributed by atoms with Crippen molar-refractivity contribution in [1.82, 2.24) is 0 Å². The molecule has 1 atom stereocenters. The van der Waals surface area contributed by atoms with E-state index in [1.165, 1.54) is 12.1 Å². The van der Waals surface area contributed by atoms with E-state index in [1.54, 1.807) is 6.92 Å². The standard InChI is InChI=1S/C9H9F3O4S/c1-6-2-4-7(5-3-6)8(17(13,14)15)16-9(10,11)12/h2-5,8H,1H3,(H,13,14,15). The number of alkyl halides is 3. The zero-order valence-electron chi connectivity index (χ0n) is 8.60. The summed E-state index contributed by atoms with van der Waals surface area (Å²) in [6.07, 6.45) is -5.16. The SMILES string of the molecule is Cc1ccc(C(OC(F)(F)F)S(=O)(=O)O)cc1. The number of benzene rings is 1. The van der Waals surface area contributed by atoms with Crippen molar-refractivity contribution in [2.45, 2.75) is 18.7 Å². The summed E-state index contributed by atoms with van der Waals surface area (Å²) < 4.78 is 69.8. The summed E-state index contributed by atoms with van der Waals surface area (Å²) >= 11 is 0. The average molecular weight is 270 g/mol. The van der Waals surface area contributed by atoms with Crippen molar-refractivity contribution < 1.29 is 30.9 Å². The third-order valence-corrected chi connectivity index (χ3v) is 2.77. The van der Waals surface area contributed by atoms with Gasteiger partial charge in [-0.15, -0.1) is 13.2 Å². The second-order valence-corrected chi connectivity index (χ2v) is 4.78. The summed E-state index contributed by atoms with van der Waals surface area (Å²) in [5.41, 5.74) is -2.03. The lowest BCUT2D eigenvalue weighted by Crippen LogP contribution is -2.24. The second kappa shape index (κ2) is 4.63. The maximum atomic E-state index is 12.0. The molecule has 1 N–H and O–H groups in total. The quantitative estimate of drug-likeness (QED) is 0.857. The minimum atomic E-state index is -5.16. The third kappa shape index (κ3) is 4.33. The molecule has 4 nitrogen and oxygen atoms in total. The van der Waals surface area contributed by atoms with Crippen molar-refractivity contribution in [3.63, 3.8) is 0 Å². The summed E-state index contributed by atoms with van der Waals surface area (Å²) in [4.78, 5) is 0. The van der Waals surface area contributed by atoms with Crippen LogP contribution in [-0.4, -0.2) is 19.3 Å². The molecule has 96 valence electrons. The van der Waals surface area contributed by atoms with E-state index in [2.05, 4.69) is 4.74 Å². The zero-order valence-corrected chi connectivity index (χ0v) is 9.42. The van der Waals surface area contributed by atoms with Gasteiger partial charge in [0.1, 0.15) is 0 Å². The van der Waals surface area contributed by atoms with Gasteiger partial charge < -0.3 is 0 Å². The van der Waals surface area contributed by atoms with Gasteiger partial charge in [0, 0.05) is 0 Å². The molecule has 1 rings (SSSR count). The summed E-state index contributed by atoms with van der Waals surface area (Å²) in [7, 11) is -5.01. The summed E-state index contributed by atoms with van der Waals surface area (Å²) in [6.45, 7) is 1.68. The van der Waals surface area contributed by atoms with Gasteiger partial charge in [-0.05, 0) is 12.5 Å². The van der Waals surface area contributed by atoms with E-state index in [0.29, 0.717) is 0 Å². The molecular weight excluding hydrogens is 261 g/mol. The van der Waals surface area contributed by atoms with Crippen LogP contribution in [0.2, 0.25) is 0 Å². The van der Waals surface area contributed by atoms with Crippen LogP contribution >= 0.6 is 0 Å².